The fourth-order valence-electron chi connectivity index (χ4n) is 5.45. The van der Waals surface area contributed by atoms with Crippen molar-refractivity contribution in [2.45, 2.75) is 25.0 Å². The van der Waals surface area contributed by atoms with Crippen LogP contribution in [-0.4, -0.2) is 86.5 Å². The number of para-hydroxylation sites is 2. The van der Waals surface area contributed by atoms with Crippen molar-refractivity contribution in [3.8, 4) is 11.5 Å². The molecular formula is C38H36N2O16. The molecule has 294 valence electrons. The van der Waals surface area contributed by atoms with Gasteiger partial charge in [0.15, 0.2) is 0 Å². The molecule has 0 radical (unpaired) electrons. The van der Waals surface area contributed by atoms with E-state index in [9.17, 15) is 38.4 Å². The lowest BCUT2D eigenvalue weighted by molar-refractivity contribution is -0.267. The third kappa shape index (κ3) is 9.09. The summed E-state index contributed by atoms with van der Waals surface area (Å²) >= 11 is 0. The van der Waals surface area contributed by atoms with Gasteiger partial charge in [0.25, 0.3) is 0 Å². The van der Waals surface area contributed by atoms with Gasteiger partial charge in [-0.25, -0.2) is 38.5 Å². The van der Waals surface area contributed by atoms with Crippen molar-refractivity contribution in [2.24, 2.45) is 11.8 Å². The zero-order valence-electron chi connectivity index (χ0n) is 30.3. The minimum atomic E-state index is -2.52. The van der Waals surface area contributed by atoms with Crippen molar-refractivity contribution in [3.63, 3.8) is 0 Å². The number of ketones is 2. The van der Waals surface area contributed by atoms with Crippen LogP contribution in [0, 0.1) is 11.8 Å². The van der Waals surface area contributed by atoms with Gasteiger partial charge in [0.2, 0.25) is 22.8 Å². The highest BCUT2D eigenvalue weighted by atomic mass is 17.2. The van der Waals surface area contributed by atoms with Crippen LogP contribution in [0.5, 0.6) is 11.5 Å². The topological polar surface area (TPSA) is 234 Å². The Balaban J connectivity index is 1.68. The first-order valence-corrected chi connectivity index (χ1v) is 16.8. The normalized spacial score (nSPS) is 20.4. The summed E-state index contributed by atoms with van der Waals surface area (Å²) < 4.78 is 31.0. The summed E-state index contributed by atoms with van der Waals surface area (Å²) in [4.78, 5) is 116. The average Bonchev–Trinajstić information content (AvgIpc) is 3.20. The lowest BCUT2D eigenvalue weighted by atomic mass is 9.77. The second-order valence-electron chi connectivity index (χ2n) is 11.3. The fourth-order valence-corrected chi connectivity index (χ4v) is 5.45. The van der Waals surface area contributed by atoms with Gasteiger partial charge in [-0.05, 0) is 50.3 Å². The van der Waals surface area contributed by atoms with E-state index in [0.717, 1.165) is 24.3 Å². The van der Waals surface area contributed by atoms with Gasteiger partial charge in [-0.2, -0.15) is 0 Å². The number of Topliss-reactive ketones (excluding diaryl/α,β-unsaturated/α-hetero) is 2. The molecule has 4 rings (SSSR count). The summed E-state index contributed by atoms with van der Waals surface area (Å²) in [5, 5.41) is 4.38. The van der Waals surface area contributed by atoms with Crippen molar-refractivity contribution < 1.29 is 76.6 Å². The Morgan fingerprint density at radius 2 is 0.946 bits per heavy atom. The molecule has 56 heavy (non-hydrogen) atoms. The largest absolute Gasteiger partial charge is 0.513 e. The van der Waals surface area contributed by atoms with E-state index in [4.69, 9.17) is 38.2 Å². The van der Waals surface area contributed by atoms with Gasteiger partial charge in [0, 0.05) is 14.1 Å². The van der Waals surface area contributed by atoms with E-state index in [-0.39, 0.29) is 35.8 Å². The number of allylic oxidation sites excluding steroid dienone is 4. The van der Waals surface area contributed by atoms with E-state index in [1.165, 1.54) is 101 Å². The number of nitrogens with one attached hydrogen (secondary N) is 2. The molecule has 0 fully saturated rings. The van der Waals surface area contributed by atoms with E-state index in [1.54, 1.807) is 0 Å². The number of carbonyl (C=O) groups is 8. The van der Waals surface area contributed by atoms with Crippen molar-refractivity contribution in [2.75, 3.05) is 27.3 Å². The number of ether oxygens (including phenoxy) is 6. The predicted octanol–water partition coefficient (Wildman–Crippen LogP) is 4.50. The molecule has 2 aliphatic carbocycles. The van der Waals surface area contributed by atoms with Crippen LogP contribution in [0.25, 0.3) is 0 Å². The molecule has 4 unspecified atom stereocenters. The molecule has 0 spiro atoms. The van der Waals surface area contributed by atoms with Crippen molar-refractivity contribution in [3.05, 3.63) is 108 Å². The Kier molecular flexibility index (Phi) is 13.9. The minimum absolute atomic E-state index is 0.0455. The lowest BCUT2D eigenvalue weighted by Crippen LogP contribution is -2.54. The fraction of sp³-hybridized carbons (Fsp3) is 0.263. The molecular weight excluding hydrogens is 740 g/mol. The summed E-state index contributed by atoms with van der Waals surface area (Å²) in [7, 11) is 2.38. The first kappa shape index (κ1) is 41.5. The van der Waals surface area contributed by atoms with Crippen LogP contribution in [0.1, 0.15) is 34.6 Å². The summed E-state index contributed by atoms with van der Waals surface area (Å²) in [6, 6.07) is 10.7. The SMILES string of the molecule is CCOC(=O)Oc1ccccc1C(=O)C1(OC(=O)NC)C=CC=CC1C(=O)OOC(=O)C1C=CC=CC1(OC(=O)NC)C(=O)c1ccccc1OC(=O)OCC. The Hall–Kier alpha value is -7.24. The molecule has 2 amide bonds. The second kappa shape index (κ2) is 18.7. The molecule has 4 atom stereocenters. The van der Waals surface area contributed by atoms with Gasteiger partial charge >= 0.3 is 36.4 Å². The average molecular weight is 777 g/mol. The van der Waals surface area contributed by atoms with Gasteiger partial charge in [0.05, 0.1) is 24.3 Å². The Morgan fingerprint density at radius 3 is 1.30 bits per heavy atom. The van der Waals surface area contributed by atoms with E-state index < -0.39 is 71.0 Å². The maximum absolute atomic E-state index is 14.3. The maximum Gasteiger partial charge on any atom is 0.513 e. The van der Waals surface area contributed by atoms with Crippen molar-refractivity contribution in [1.82, 2.24) is 10.6 Å². The van der Waals surface area contributed by atoms with Crippen LogP contribution in [0.2, 0.25) is 0 Å². The first-order chi connectivity index (χ1) is 26.9. The number of hydrogen-bond acceptors (Lipinski definition) is 16. The molecule has 0 aromatic heterocycles. The van der Waals surface area contributed by atoms with Crippen LogP contribution >= 0.6 is 0 Å². The van der Waals surface area contributed by atoms with Crippen LogP contribution in [0.3, 0.4) is 0 Å². The number of alkyl carbamates (subject to hydrolysis) is 2. The number of rotatable bonds is 12. The number of hydrogen-bond donors (Lipinski definition) is 2. The molecule has 0 saturated carbocycles. The van der Waals surface area contributed by atoms with Crippen molar-refractivity contribution >= 4 is 48.0 Å². The van der Waals surface area contributed by atoms with Crippen LogP contribution in [-0.2, 0) is 38.3 Å². The van der Waals surface area contributed by atoms with Crippen LogP contribution in [0.4, 0.5) is 19.2 Å². The van der Waals surface area contributed by atoms with Crippen LogP contribution in [0.15, 0.2) is 97.1 Å². The van der Waals surface area contributed by atoms with Gasteiger partial charge in [-0.3, -0.25) is 9.59 Å². The second-order valence-corrected chi connectivity index (χ2v) is 11.3. The number of benzene rings is 2. The van der Waals surface area contributed by atoms with Crippen LogP contribution < -0.4 is 20.1 Å². The van der Waals surface area contributed by atoms with Gasteiger partial charge in [-0.15, -0.1) is 0 Å². The Labute approximate surface area is 318 Å². The molecule has 0 saturated heterocycles. The summed E-state index contributed by atoms with van der Waals surface area (Å²) in [6.07, 6.45) is 4.99. The van der Waals surface area contributed by atoms with Crippen molar-refractivity contribution in [1.29, 1.82) is 0 Å². The third-order valence-corrected chi connectivity index (χ3v) is 7.97. The standard InChI is InChI=1S/C38H36N2O16/c1-5-49-35(47)51-27-19-9-7-15-23(27)29(41)37(53-33(45)39-3)21-13-11-17-25(37)31(43)55-56-32(44)26-18-12-14-22-38(26,54-34(46)40-4)30(42)24-16-8-10-20-28(24)52-36(48)50-6-2/h7-22,25-26H,5-6H2,1-4H3,(H,39,45)(H,40,46). The molecule has 0 bridgehead atoms. The molecule has 2 aliphatic rings. The smallest absolute Gasteiger partial charge is 0.434 e. The Morgan fingerprint density at radius 1 is 0.571 bits per heavy atom. The minimum Gasteiger partial charge on any atom is -0.434 e. The predicted molar refractivity (Wildman–Crippen MR) is 189 cm³/mol. The summed E-state index contributed by atoms with van der Waals surface area (Å²) in [5.41, 5.74) is -5.68. The number of carbonyl (C=O) groups excluding carboxylic acids is 8. The van der Waals surface area contributed by atoms with E-state index in [2.05, 4.69) is 10.6 Å². The quantitative estimate of drug-likeness (QED) is 0.0754. The Bertz CT molecular complexity index is 1860. The van der Waals surface area contributed by atoms with Gasteiger partial charge in [0.1, 0.15) is 23.3 Å². The zero-order chi connectivity index (χ0) is 40.9. The van der Waals surface area contributed by atoms with E-state index >= 15 is 0 Å². The lowest BCUT2D eigenvalue weighted by Gasteiger charge is -2.35. The van der Waals surface area contributed by atoms with E-state index in [0.29, 0.717) is 0 Å². The summed E-state index contributed by atoms with van der Waals surface area (Å²) in [5.74, 6) is -9.34. The highest BCUT2D eigenvalue weighted by Gasteiger charge is 2.55. The number of amides is 2. The highest BCUT2D eigenvalue weighted by molar-refractivity contribution is 6.11. The monoisotopic (exact) mass is 776 g/mol. The summed E-state index contributed by atoms with van der Waals surface area (Å²) in [6.45, 7) is 2.97. The molecule has 2 aromatic rings. The molecule has 18 heteroatoms. The molecule has 0 heterocycles. The molecule has 18 nitrogen and oxygen atoms in total. The van der Waals surface area contributed by atoms with Gasteiger partial charge < -0.3 is 39.1 Å². The molecule has 0 aliphatic heterocycles. The molecule has 2 aromatic carbocycles. The highest BCUT2D eigenvalue weighted by Crippen LogP contribution is 2.38. The maximum atomic E-state index is 14.3. The molecule has 2 N–H and O–H groups in total. The van der Waals surface area contributed by atoms with Gasteiger partial charge in [-0.1, -0.05) is 60.7 Å². The third-order valence-electron chi connectivity index (χ3n) is 7.97. The zero-order valence-corrected chi connectivity index (χ0v) is 30.3. The van der Waals surface area contributed by atoms with E-state index in [1.807, 2.05) is 0 Å². The first-order valence-electron chi connectivity index (χ1n) is 16.8.